The van der Waals surface area contributed by atoms with Crippen molar-refractivity contribution in [3.8, 4) is 0 Å². The zero-order chi connectivity index (χ0) is 8.18. The zero-order valence-electron chi connectivity index (χ0n) is 6.60. The molecule has 0 aromatic carbocycles. The molecule has 2 aliphatic rings. The van der Waals surface area contributed by atoms with Crippen LogP contribution >= 0.6 is 11.6 Å². The van der Waals surface area contributed by atoms with Gasteiger partial charge in [-0.25, -0.2) is 4.98 Å². The van der Waals surface area contributed by atoms with Crippen molar-refractivity contribution in [1.29, 1.82) is 0 Å². The summed E-state index contributed by atoms with van der Waals surface area (Å²) in [6, 6.07) is 3.99. The van der Waals surface area contributed by atoms with Crippen molar-refractivity contribution in [3.05, 3.63) is 22.8 Å². The van der Waals surface area contributed by atoms with E-state index in [0.29, 0.717) is 10.6 Å². The fourth-order valence-corrected chi connectivity index (χ4v) is 2.09. The van der Waals surface area contributed by atoms with E-state index in [9.17, 15) is 0 Å². The minimum atomic E-state index is 0.437. The van der Waals surface area contributed by atoms with Crippen molar-refractivity contribution in [1.82, 2.24) is 4.98 Å². The van der Waals surface area contributed by atoms with Crippen LogP contribution in [0.1, 0.15) is 18.4 Å². The Balaban J connectivity index is 2.18. The van der Waals surface area contributed by atoms with Gasteiger partial charge in [-0.05, 0) is 18.9 Å². The van der Waals surface area contributed by atoms with E-state index in [4.69, 9.17) is 11.6 Å². The van der Waals surface area contributed by atoms with Crippen LogP contribution in [0.3, 0.4) is 0 Å². The van der Waals surface area contributed by atoms with E-state index in [1.54, 1.807) is 0 Å². The van der Waals surface area contributed by atoms with E-state index in [0.717, 1.165) is 12.4 Å². The lowest BCUT2D eigenvalue weighted by Crippen LogP contribution is -2.07. The van der Waals surface area contributed by atoms with E-state index in [-0.39, 0.29) is 0 Å². The third-order valence-corrected chi connectivity index (χ3v) is 3.09. The summed E-state index contributed by atoms with van der Waals surface area (Å²) in [6.45, 7) is 1.05. The standard InChI is InChI=1S/C9H9ClN2/c10-7-2-1-6-8(12-7)11-5-9(6)3-4-9/h1-2H,3-5H2,(H,11,12). The second-order valence-electron chi connectivity index (χ2n) is 3.66. The van der Waals surface area contributed by atoms with Gasteiger partial charge in [-0.15, -0.1) is 0 Å². The maximum absolute atomic E-state index is 5.79. The van der Waals surface area contributed by atoms with Crippen molar-refractivity contribution in [2.24, 2.45) is 0 Å². The van der Waals surface area contributed by atoms with Gasteiger partial charge in [0.25, 0.3) is 0 Å². The number of nitrogens with one attached hydrogen (secondary N) is 1. The molecular formula is C9H9ClN2. The second kappa shape index (κ2) is 1.94. The van der Waals surface area contributed by atoms with Gasteiger partial charge < -0.3 is 5.32 Å². The first-order chi connectivity index (χ1) is 5.80. The highest BCUT2D eigenvalue weighted by molar-refractivity contribution is 6.29. The highest BCUT2D eigenvalue weighted by Gasteiger charge is 2.49. The first-order valence-electron chi connectivity index (χ1n) is 4.21. The predicted molar refractivity (Wildman–Crippen MR) is 48.6 cm³/mol. The predicted octanol–water partition coefficient (Wildman–Crippen LogP) is 2.19. The number of hydrogen-bond acceptors (Lipinski definition) is 2. The number of halogens is 1. The van der Waals surface area contributed by atoms with Gasteiger partial charge in [0.05, 0.1) is 0 Å². The van der Waals surface area contributed by atoms with Crippen LogP contribution in [0.5, 0.6) is 0 Å². The lowest BCUT2D eigenvalue weighted by Gasteiger charge is -2.03. The highest BCUT2D eigenvalue weighted by Crippen LogP contribution is 2.53. The molecular weight excluding hydrogens is 172 g/mol. The molecule has 1 aromatic rings. The number of hydrogen-bond donors (Lipinski definition) is 1. The molecule has 1 saturated carbocycles. The average Bonchev–Trinajstić information content (AvgIpc) is 2.73. The van der Waals surface area contributed by atoms with Crippen molar-refractivity contribution >= 4 is 17.4 Å². The van der Waals surface area contributed by atoms with Crippen LogP contribution in [0, 0.1) is 0 Å². The van der Waals surface area contributed by atoms with E-state index in [2.05, 4.69) is 16.4 Å². The summed E-state index contributed by atoms with van der Waals surface area (Å²) in [4.78, 5) is 4.24. The van der Waals surface area contributed by atoms with Gasteiger partial charge >= 0.3 is 0 Å². The van der Waals surface area contributed by atoms with Crippen LogP contribution in [-0.4, -0.2) is 11.5 Å². The number of nitrogens with zero attached hydrogens (tertiary/aromatic N) is 1. The Morgan fingerprint density at radius 1 is 1.42 bits per heavy atom. The van der Waals surface area contributed by atoms with Crippen LogP contribution in [0.15, 0.2) is 12.1 Å². The van der Waals surface area contributed by atoms with Crippen LogP contribution in [0.2, 0.25) is 5.15 Å². The maximum Gasteiger partial charge on any atom is 0.131 e. The smallest absolute Gasteiger partial charge is 0.131 e. The molecule has 1 aliphatic heterocycles. The van der Waals surface area contributed by atoms with Crippen LogP contribution in [0.25, 0.3) is 0 Å². The Labute approximate surface area is 76.0 Å². The summed E-state index contributed by atoms with van der Waals surface area (Å²) in [6.07, 6.45) is 2.60. The molecule has 1 aliphatic carbocycles. The molecule has 0 saturated heterocycles. The molecule has 1 aromatic heterocycles. The first kappa shape index (κ1) is 6.72. The van der Waals surface area contributed by atoms with E-state index in [1.165, 1.54) is 18.4 Å². The summed E-state index contributed by atoms with van der Waals surface area (Å²) < 4.78 is 0. The topological polar surface area (TPSA) is 24.9 Å². The molecule has 0 bridgehead atoms. The molecule has 0 unspecified atom stereocenters. The largest absolute Gasteiger partial charge is 0.369 e. The molecule has 1 fully saturated rings. The Morgan fingerprint density at radius 2 is 2.25 bits per heavy atom. The number of rotatable bonds is 0. The third-order valence-electron chi connectivity index (χ3n) is 2.88. The Morgan fingerprint density at radius 3 is 3.00 bits per heavy atom. The molecule has 0 atom stereocenters. The Bertz CT molecular complexity index is 344. The number of fused-ring (bicyclic) bond motifs is 2. The number of aromatic nitrogens is 1. The van der Waals surface area contributed by atoms with E-state index < -0.39 is 0 Å². The third kappa shape index (κ3) is 0.734. The van der Waals surface area contributed by atoms with Gasteiger partial charge in [0.1, 0.15) is 11.0 Å². The maximum atomic E-state index is 5.79. The Hall–Kier alpha value is -0.760. The fraction of sp³-hybridized carbons (Fsp3) is 0.444. The fourth-order valence-electron chi connectivity index (χ4n) is 1.94. The van der Waals surface area contributed by atoms with Crippen molar-refractivity contribution < 1.29 is 0 Å². The first-order valence-corrected chi connectivity index (χ1v) is 4.59. The molecule has 1 spiro atoms. The SMILES string of the molecule is Clc1ccc2c(n1)NCC21CC1. The number of anilines is 1. The van der Waals surface area contributed by atoms with Crippen LogP contribution < -0.4 is 5.32 Å². The van der Waals surface area contributed by atoms with Gasteiger partial charge in [-0.2, -0.15) is 0 Å². The second-order valence-corrected chi connectivity index (χ2v) is 4.05. The molecule has 0 radical (unpaired) electrons. The van der Waals surface area contributed by atoms with E-state index in [1.807, 2.05) is 6.07 Å². The van der Waals surface area contributed by atoms with Crippen LogP contribution in [0.4, 0.5) is 5.82 Å². The van der Waals surface area contributed by atoms with Gasteiger partial charge in [-0.1, -0.05) is 17.7 Å². The molecule has 1 N–H and O–H groups in total. The molecule has 12 heavy (non-hydrogen) atoms. The van der Waals surface area contributed by atoms with Crippen molar-refractivity contribution in [2.45, 2.75) is 18.3 Å². The summed E-state index contributed by atoms with van der Waals surface area (Å²) in [7, 11) is 0. The number of pyridine rings is 1. The molecule has 3 heteroatoms. The molecule has 2 nitrogen and oxygen atoms in total. The molecule has 62 valence electrons. The molecule has 3 rings (SSSR count). The minimum absolute atomic E-state index is 0.437. The monoisotopic (exact) mass is 180 g/mol. The quantitative estimate of drug-likeness (QED) is 0.620. The normalized spacial score (nSPS) is 22.1. The van der Waals surface area contributed by atoms with Gasteiger partial charge in [0.2, 0.25) is 0 Å². The Kier molecular flexibility index (Phi) is 1.09. The lowest BCUT2D eigenvalue weighted by atomic mass is 10.0. The molecule has 0 amide bonds. The van der Waals surface area contributed by atoms with Gasteiger partial charge in [-0.3, -0.25) is 0 Å². The zero-order valence-corrected chi connectivity index (χ0v) is 7.36. The average molecular weight is 181 g/mol. The summed E-state index contributed by atoms with van der Waals surface area (Å²) in [5.41, 5.74) is 1.80. The summed E-state index contributed by atoms with van der Waals surface area (Å²) >= 11 is 5.79. The lowest BCUT2D eigenvalue weighted by molar-refractivity contribution is 0.777. The van der Waals surface area contributed by atoms with Gasteiger partial charge in [0, 0.05) is 17.5 Å². The van der Waals surface area contributed by atoms with Gasteiger partial charge in [0.15, 0.2) is 0 Å². The summed E-state index contributed by atoms with van der Waals surface area (Å²) in [5.74, 6) is 1.00. The highest BCUT2D eigenvalue weighted by atomic mass is 35.5. The minimum Gasteiger partial charge on any atom is -0.369 e. The van der Waals surface area contributed by atoms with E-state index >= 15 is 0 Å². The van der Waals surface area contributed by atoms with Crippen LogP contribution in [-0.2, 0) is 5.41 Å². The summed E-state index contributed by atoms with van der Waals surface area (Å²) in [5, 5.41) is 3.88. The van der Waals surface area contributed by atoms with Crippen molar-refractivity contribution in [2.75, 3.05) is 11.9 Å². The molecule has 2 heterocycles. The van der Waals surface area contributed by atoms with Crippen molar-refractivity contribution in [3.63, 3.8) is 0 Å².